The summed E-state index contributed by atoms with van der Waals surface area (Å²) in [5, 5.41) is 0. The molecule has 0 atom stereocenters. The molecule has 0 amide bonds. The number of hydrogen-bond donors (Lipinski definition) is 0. The minimum Gasteiger partial charge on any atom is -0.492 e. The monoisotopic (exact) mass is 270 g/mol. The summed E-state index contributed by atoms with van der Waals surface area (Å²) in [6.45, 7) is 1.83. The number of hydrogen-bond acceptors (Lipinski definition) is 5. The minimum atomic E-state index is -0.646. The molecule has 0 aliphatic heterocycles. The molecule has 0 unspecified atom stereocenters. The van der Waals surface area contributed by atoms with Crippen LogP contribution in [-0.4, -0.2) is 32.6 Å². The van der Waals surface area contributed by atoms with Crippen LogP contribution in [0.4, 0.5) is 4.39 Å². The molecule has 1 aromatic carbocycles. The Morgan fingerprint density at radius 1 is 1.16 bits per heavy atom. The molecule has 104 valence electrons. The van der Waals surface area contributed by atoms with Gasteiger partial charge in [0.2, 0.25) is 0 Å². The van der Waals surface area contributed by atoms with Gasteiger partial charge in [-0.15, -0.1) is 0 Å². The third-order valence-corrected chi connectivity index (χ3v) is 2.38. The van der Waals surface area contributed by atoms with E-state index >= 15 is 0 Å². The lowest BCUT2D eigenvalue weighted by Crippen LogP contribution is -2.13. The van der Waals surface area contributed by atoms with Gasteiger partial charge in [0.25, 0.3) is 0 Å². The molecular weight excluding hydrogens is 255 g/mol. The number of ether oxygens (including phenoxy) is 3. The highest BCUT2D eigenvalue weighted by atomic mass is 19.1. The van der Waals surface area contributed by atoms with E-state index in [1.165, 1.54) is 20.3 Å². The molecule has 0 aromatic heterocycles. The second kappa shape index (κ2) is 6.72. The summed E-state index contributed by atoms with van der Waals surface area (Å²) in [6.07, 6.45) is -0.432. The average Bonchev–Trinajstić information content (AvgIpc) is 2.38. The van der Waals surface area contributed by atoms with Crippen molar-refractivity contribution in [3.8, 4) is 11.5 Å². The Morgan fingerprint density at radius 3 is 2.32 bits per heavy atom. The minimum absolute atomic E-state index is 0.0307. The van der Waals surface area contributed by atoms with Crippen LogP contribution in [0.2, 0.25) is 0 Å². The smallest absolute Gasteiger partial charge is 0.313 e. The van der Waals surface area contributed by atoms with Crippen molar-refractivity contribution in [3.05, 3.63) is 23.5 Å². The topological polar surface area (TPSA) is 61.8 Å². The largest absolute Gasteiger partial charge is 0.492 e. The van der Waals surface area contributed by atoms with Gasteiger partial charge in [0, 0.05) is 0 Å². The lowest BCUT2D eigenvalue weighted by molar-refractivity contribution is -0.141. The van der Waals surface area contributed by atoms with Gasteiger partial charge in [0.15, 0.2) is 23.1 Å². The Kier molecular flexibility index (Phi) is 5.29. The first kappa shape index (κ1) is 14.9. The van der Waals surface area contributed by atoms with Crippen molar-refractivity contribution >= 4 is 11.8 Å². The van der Waals surface area contributed by atoms with Crippen LogP contribution >= 0.6 is 0 Å². The van der Waals surface area contributed by atoms with Crippen LogP contribution < -0.4 is 9.47 Å². The molecule has 0 saturated carbocycles. The first-order valence-electron chi connectivity index (χ1n) is 5.64. The molecule has 0 radical (unpaired) electrons. The molecule has 0 bridgehead atoms. The van der Waals surface area contributed by atoms with E-state index in [1.807, 2.05) is 0 Å². The van der Waals surface area contributed by atoms with Crippen molar-refractivity contribution in [1.82, 2.24) is 0 Å². The van der Waals surface area contributed by atoms with Gasteiger partial charge in [-0.25, -0.2) is 4.39 Å². The molecule has 0 N–H and O–H groups in total. The van der Waals surface area contributed by atoms with Gasteiger partial charge in [-0.2, -0.15) is 0 Å². The maximum absolute atomic E-state index is 13.5. The number of carbonyl (C=O) groups excluding carboxylic acids is 2. The maximum atomic E-state index is 13.5. The molecule has 5 nitrogen and oxygen atoms in total. The molecule has 1 aromatic rings. The first-order valence-corrected chi connectivity index (χ1v) is 5.64. The summed E-state index contributed by atoms with van der Waals surface area (Å²) < 4.78 is 28.0. The van der Waals surface area contributed by atoms with E-state index in [2.05, 4.69) is 4.74 Å². The van der Waals surface area contributed by atoms with Gasteiger partial charge >= 0.3 is 5.97 Å². The number of halogens is 1. The predicted molar refractivity (Wildman–Crippen MR) is 65.1 cm³/mol. The lowest BCUT2D eigenvalue weighted by atomic mass is 10.1. The number of ketones is 1. The van der Waals surface area contributed by atoms with Crippen LogP contribution in [0.1, 0.15) is 23.7 Å². The van der Waals surface area contributed by atoms with E-state index < -0.39 is 24.0 Å². The van der Waals surface area contributed by atoms with Crippen molar-refractivity contribution in [2.45, 2.75) is 13.3 Å². The Hall–Kier alpha value is -2.11. The second-order valence-electron chi connectivity index (χ2n) is 3.57. The van der Waals surface area contributed by atoms with Crippen molar-refractivity contribution < 1.29 is 28.2 Å². The number of esters is 1. The van der Waals surface area contributed by atoms with Crippen molar-refractivity contribution in [2.24, 2.45) is 0 Å². The van der Waals surface area contributed by atoms with Crippen LogP contribution in [0.15, 0.2) is 12.1 Å². The molecule has 0 aliphatic rings. The zero-order valence-corrected chi connectivity index (χ0v) is 11.0. The first-order chi connectivity index (χ1) is 9.04. The fraction of sp³-hybridized carbons (Fsp3) is 0.385. The SMILES string of the molecule is CCOC(=O)CC(=O)c1ccc(F)c(OC)c1OC. The zero-order valence-electron chi connectivity index (χ0n) is 11.0. The molecule has 1 rings (SSSR count). The van der Waals surface area contributed by atoms with E-state index in [1.54, 1.807) is 6.92 Å². The van der Waals surface area contributed by atoms with E-state index in [9.17, 15) is 14.0 Å². The molecule has 0 heterocycles. The number of carbonyl (C=O) groups is 2. The van der Waals surface area contributed by atoms with Gasteiger partial charge < -0.3 is 14.2 Å². The van der Waals surface area contributed by atoms with Gasteiger partial charge in [0.05, 0.1) is 26.4 Å². The normalized spacial score (nSPS) is 9.89. The van der Waals surface area contributed by atoms with Gasteiger partial charge in [0.1, 0.15) is 6.42 Å². The highest BCUT2D eigenvalue weighted by Crippen LogP contribution is 2.34. The maximum Gasteiger partial charge on any atom is 0.313 e. The van der Waals surface area contributed by atoms with Crippen molar-refractivity contribution in [3.63, 3.8) is 0 Å². The summed E-state index contributed by atoms with van der Waals surface area (Å²) in [5.74, 6) is -2.01. The highest BCUT2D eigenvalue weighted by molar-refractivity contribution is 6.08. The summed E-state index contributed by atoms with van der Waals surface area (Å²) in [6, 6.07) is 2.33. The van der Waals surface area contributed by atoms with Crippen LogP contribution in [0.5, 0.6) is 11.5 Å². The number of methoxy groups -OCH3 is 2. The third-order valence-electron chi connectivity index (χ3n) is 2.38. The molecule has 0 saturated heterocycles. The quantitative estimate of drug-likeness (QED) is 0.449. The Morgan fingerprint density at radius 2 is 1.79 bits per heavy atom. The van der Waals surface area contributed by atoms with E-state index in [0.29, 0.717) is 0 Å². The number of rotatable bonds is 6. The summed E-state index contributed by atoms with van der Waals surface area (Å²) in [7, 11) is 2.55. The predicted octanol–water partition coefficient (Wildman–Crippen LogP) is 1.98. The fourth-order valence-electron chi connectivity index (χ4n) is 1.59. The summed E-state index contributed by atoms with van der Waals surface area (Å²) in [5.41, 5.74) is 0.0776. The number of benzene rings is 1. The standard InChI is InChI=1S/C13H15FO5/c1-4-19-11(16)7-10(15)8-5-6-9(14)13(18-3)12(8)17-2/h5-6H,4,7H2,1-3H3. The van der Waals surface area contributed by atoms with Crippen LogP contribution in [0, 0.1) is 5.82 Å². The molecular formula is C13H15FO5. The van der Waals surface area contributed by atoms with Crippen LogP contribution in [-0.2, 0) is 9.53 Å². The molecule has 0 fully saturated rings. The van der Waals surface area contributed by atoms with Crippen molar-refractivity contribution in [2.75, 3.05) is 20.8 Å². The van der Waals surface area contributed by atoms with E-state index in [4.69, 9.17) is 9.47 Å². The Labute approximate surface area is 110 Å². The zero-order chi connectivity index (χ0) is 14.4. The van der Waals surface area contributed by atoms with Crippen molar-refractivity contribution in [1.29, 1.82) is 0 Å². The molecule has 0 spiro atoms. The highest BCUT2D eigenvalue weighted by Gasteiger charge is 2.22. The van der Waals surface area contributed by atoms with E-state index in [0.717, 1.165) is 6.07 Å². The second-order valence-corrected chi connectivity index (χ2v) is 3.57. The van der Waals surface area contributed by atoms with E-state index in [-0.39, 0.29) is 23.7 Å². The van der Waals surface area contributed by atoms with Gasteiger partial charge in [-0.3, -0.25) is 9.59 Å². The molecule has 6 heteroatoms. The fourth-order valence-corrected chi connectivity index (χ4v) is 1.59. The third kappa shape index (κ3) is 3.43. The van der Waals surface area contributed by atoms with Crippen LogP contribution in [0.3, 0.4) is 0 Å². The van der Waals surface area contributed by atoms with Gasteiger partial charge in [-0.05, 0) is 19.1 Å². The average molecular weight is 270 g/mol. The number of Topliss-reactive ketones (excluding diaryl/α,β-unsaturated/α-hetero) is 1. The summed E-state index contributed by atoms with van der Waals surface area (Å²) >= 11 is 0. The lowest BCUT2D eigenvalue weighted by Gasteiger charge is -2.12. The molecule has 0 aliphatic carbocycles. The summed E-state index contributed by atoms with van der Waals surface area (Å²) in [4.78, 5) is 23.2. The Balaban J connectivity index is 3.06. The molecule has 19 heavy (non-hydrogen) atoms. The van der Waals surface area contributed by atoms with Crippen LogP contribution in [0.25, 0.3) is 0 Å². The Bertz CT molecular complexity index is 484. The van der Waals surface area contributed by atoms with Gasteiger partial charge in [-0.1, -0.05) is 0 Å².